The molecule has 2 aromatic rings. The topological polar surface area (TPSA) is 47.6 Å². The highest BCUT2D eigenvalue weighted by Crippen LogP contribution is 2.29. The van der Waals surface area contributed by atoms with Crippen molar-refractivity contribution in [1.29, 1.82) is 0 Å². The first-order valence-corrected chi connectivity index (χ1v) is 8.43. The molecule has 0 saturated heterocycles. The van der Waals surface area contributed by atoms with Gasteiger partial charge in [-0.25, -0.2) is 0 Å². The van der Waals surface area contributed by atoms with Crippen LogP contribution in [0.25, 0.3) is 0 Å². The average Bonchev–Trinajstić information content (AvgIpc) is 2.66. The lowest BCUT2D eigenvalue weighted by molar-refractivity contribution is -0.137. The van der Waals surface area contributed by atoms with Crippen LogP contribution in [0.15, 0.2) is 48.5 Å². The van der Waals surface area contributed by atoms with Crippen molar-refractivity contribution in [3.05, 3.63) is 65.2 Å². The molecule has 0 bridgehead atoms. The van der Waals surface area contributed by atoms with Crippen LogP contribution in [0.3, 0.4) is 0 Å². The van der Waals surface area contributed by atoms with E-state index in [0.717, 1.165) is 17.7 Å². The maximum Gasteiger partial charge on any atom is 0.416 e. The quantitative estimate of drug-likeness (QED) is 0.747. The molecular formula is C20H22F3NO3. The number of nitrogens with one attached hydrogen (secondary N) is 1. The predicted molar refractivity (Wildman–Crippen MR) is 95.5 cm³/mol. The molecule has 0 heterocycles. The van der Waals surface area contributed by atoms with Gasteiger partial charge in [-0.1, -0.05) is 30.3 Å². The van der Waals surface area contributed by atoms with E-state index in [1.54, 1.807) is 14.2 Å². The van der Waals surface area contributed by atoms with Gasteiger partial charge in [0.2, 0.25) is 5.91 Å². The summed E-state index contributed by atoms with van der Waals surface area (Å²) in [4.78, 5) is 12.1. The Labute approximate surface area is 156 Å². The third-order valence-electron chi connectivity index (χ3n) is 4.18. The van der Waals surface area contributed by atoms with Gasteiger partial charge >= 0.3 is 6.18 Å². The second kappa shape index (κ2) is 9.41. The summed E-state index contributed by atoms with van der Waals surface area (Å²) in [7, 11) is 3.11. The van der Waals surface area contributed by atoms with Crippen LogP contribution in [0, 0.1) is 0 Å². The number of amides is 1. The molecule has 0 unspecified atom stereocenters. The Hall–Kier alpha value is -2.54. The van der Waals surface area contributed by atoms with Gasteiger partial charge in [0.25, 0.3) is 0 Å². The number of hydrogen-bond acceptors (Lipinski definition) is 3. The molecule has 27 heavy (non-hydrogen) atoms. The zero-order valence-corrected chi connectivity index (χ0v) is 15.2. The fraction of sp³-hybridized carbons (Fsp3) is 0.350. The monoisotopic (exact) mass is 381 g/mol. The number of carbonyl (C=O) groups excluding carboxylic acids is 1. The molecule has 1 N–H and O–H groups in total. The van der Waals surface area contributed by atoms with Gasteiger partial charge in [0.15, 0.2) is 0 Å². The minimum absolute atomic E-state index is 0.174. The Morgan fingerprint density at radius 3 is 2.33 bits per heavy atom. The van der Waals surface area contributed by atoms with Crippen molar-refractivity contribution < 1.29 is 27.4 Å². The number of hydrogen-bond donors (Lipinski definition) is 1. The summed E-state index contributed by atoms with van der Waals surface area (Å²) in [5, 5.41) is 2.79. The van der Waals surface area contributed by atoms with Crippen LogP contribution < -0.4 is 10.1 Å². The van der Waals surface area contributed by atoms with Crippen molar-refractivity contribution in [2.45, 2.75) is 25.1 Å². The summed E-state index contributed by atoms with van der Waals surface area (Å²) in [6, 6.07) is 12.2. The van der Waals surface area contributed by atoms with Crippen LogP contribution in [-0.2, 0) is 22.1 Å². The maximum absolute atomic E-state index is 12.6. The number of methoxy groups -OCH3 is 2. The molecule has 0 aliphatic rings. The highest BCUT2D eigenvalue weighted by Gasteiger charge is 2.29. The van der Waals surface area contributed by atoms with E-state index in [9.17, 15) is 18.0 Å². The SMILES string of the molecule is COc1ccccc1[C@H](CNC(=O)CCc1ccc(C(F)(F)F)cc1)OC. The fourth-order valence-corrected chi connectivity index (χ4v) is 2.67. The Morgan fingerprint density at radius 1 is 1.07 bits per heavy atom. The van der Waals surface area contributed by atoms with Gasteiger partial charge in [0.05, 0.1) is 12.7 Å². The van der Waals surface area contributed by atoms with Gasteiger partial charge in [0, 0.05) is 25.6 Å². The molecule has 0 aliphatic heterocycles. The van der Waals surface area contributed by atoms with Crippen molar-refractivity contribution in [3.63, 3.8) is 0 Å². The number of ether oxygens (including phenoxy) is 2. The molecule has 0 aromatic heterocycles. The summed E-state index contributed by atoms with van der Waals surface area (Å²) >= 11 is 0. The minimum atomic E-state index is -4.36. The molecule has 0 radical (unpaired) electrons. The van der Waals surface area contributed by atoms with Crippen LogP contribution in [0.2, 0.25) is 0 Å². The molecule has 7 heteroatoms. The van der Waals surface area contributed by atoms with Gasteiger partial charge in [-0.15, -0.1) is 0 Å². The molecule has 0 saturated carbocycles. The molecule has 1 amide bonds. The first-order chi connectivity index (χ1) is 12.8. The van der Waals surface area contributed by atoms with Gasteiger partial charge in [-0.3, -0.25) is 4.79 Å². The number of carbonyl (C=O) groups is 1. The lowest BCUT2D eigenvalue weighted by Gasteiger charge is -2.19. The molecule has 146 valence electrons. The van der Waals surface area contributed by atoms with Crippen molar-refractivity contribution >= 4 is 5.91 Å². The zero-order valence-electron chi connectivity index (χ0n) is 15.2. The third kappa shape index (κ3) is 5.99. The van der Waals surface area contributed by atoms with E-state index in [2.05, 4.69) is 5.32 Å². The number of aryl methyl sites for hydroxylation is 1. The number of para-hydroxylation sites is 1. The largest absolute Gasteiger partial charge is 0.496 e. The summed E-state index contributed by atoms with van der Waals surface area (Å²) in [6.45, 7) is 0.267. The van der Waals surface area contributed by atoms with E-state index >= 15 is 0 Å². The normalized spacial score (nSPS) is 12.5. The lowest BCUT2D eigenvalue weighted by Crippen LogP contribution is -2.29. The molecule has 0 fully saturated rings. The summed E-state index contributed by atoms with van der Waals surface area (Å²) in [6.07, 6.45) is -4.19. The standard InChI is InChI=1S/C20H22F3NO3/c1-26-17-6-4-3-5-16(17)18(27-2)13-24-19(25)12-9-14-7-10-15(11-8-14)20(21,22)23/h3-8,10-11,18H,9,12-13H2,1-2H3,(H,24,25)/t18-/m0/s1. The molecule has 1 atom stereocenters. The van der Waals surface area contributed by atoms with E-state index in [1.165, 1.54) is 12.1 Å². The second-order valence-corrected chi connectivity index (χ2v) is 5.97. The molecule has 0 spiro atoms. The van der Waals surface area contributed by atoms with Gasteiger partial charge < -0.3 is 14.8 Å². The van der Waals surface area contributed by atoms with E-state index in [1.807, 2.05) is 24.3 Å². The van der Waals surface area contributed by atoms with Crippen molar-refractivity contribution in [1.82, 2.24) is 5.32 Å². The van der Waals surface area contributed by atoms with Crippen LogP contribution in [0.5, 0.6) is 5.75 Å². The van der Waals surface area contributed by atoms with Crippen LogP contribution in [0.1, 0.15) is 29.2 Å². The summed E-state index contributed by atoms with van der Waals surface area (Å²) in [5.41, 5.74) is 0.798. The number of alkyl halides is 3. The molecule has 2 aromatic carbocycles. The number of benzene rings is 2. The highest BCUT2D eigenvalue weighted by atomic mass is 19.4. The maximum atomic E-state index is 12.6. The molecule has 0 aliphatic carbocycles. The van der Waals surface area contributed by atoms with Crippen LogP contribution >= 0.6 is 0 Å². The Kier molecular flexibility index (Phi) is 7.24. The van der Waals surface area contributed by atoms with E-state index in [4.69, 9.17) is 9.47 Å². The average molecular weight is 381 g/mol. The Morgan fingerprint density at radius 2 is 1.74 bits per heavy atom. The predicted octanol–water partition coefficient (Wildman–Crippen LogP) is 4.15. The molecule has 4 nitrogen and oxygen atoms in total. The molecule has 2 rings (SSSR count). The van der Waals surface area contributed by atoms with E-state index < -0.39 is 11.7 Å². The van der Waals surface area contributed by atoms with Gasteiger partial charge in [-0.05, 0) is 30.2 Å². The van der Waals surface area contributed by atoms with Crippen molar-refractivity contribution in [2.24, 2.45) is 0 Å². The smallest absolute Gasteiger partial charge is 0.416 e. The number of rotatable bonds is 8. The van der Waals surface area contributed by atoms with Gasteiger partial charge in [0.1, 0.15) is 11.9 Å². The Balaban J connectivity index is 1.86. The first kappa shape index (κ1) is 20.8. The van der Waals surface area contributed by atoms with E-state index in [-0.39, 0.29) is 25.0 Å². The molecular weight excluding hydrogens is 359 g/mol. The van der Waals surface area contributed by atoms with E-state index in [0.29, 0.717) is 17.7 Å². The number of halogens is 3. The highest BCUT2D eigenvalue weighted by molar-refractivity contribution is 5.76. The van der Waals surface area contributed by atoms with Gasteiger partial charge in [-0.2, -0.15) is 13.2 Å². The van der Waals surface area contributed by atoms with Crippen LogP contribution in [0.4, 0.5) is 13.2 Å². The van der Waals surface area contributed by atoms with Crippen LogP contribution in [-0.4, -0.2) is 26.7 Å². The fourth-order valence-electron chi connectivity index (χ4n) is 2.67. The third-order valence-corrected chi connectivity index (χ3v) is 4.18. The first-order valence-electron chi connectivity index (χ1n) is 8.43. The zero-order chi connectivity index (χ0) is 19.9. The van der Waals surface area contributed by atoms with Crippen molar-refractivity contribution in [2.75, 3.05) is 20.8 Å². The Bertz CT molecular complexity index is 745. The minimum Gasteiger partial charge on any atom is -0.496 e. The summed E-state index contributed by atoms with van der Waals surface area (Å²) < 4.78 is 48.4. The summed E-state index contributed by atoms with van der Waals surface area (Å²) in [5.74, 6) is 0.468. The second-order valence-electron chi connectivity index (χ2n) is 5.97. The van der Waals surface area contributed by atoms with Crippen molar-refractivity contribution in [3.8, 4) is 5.75 Å². The lowest BCUT2D eigenvalue weighted by atomic mass is 10.1.